The minimum Gasteiger partial charge on any atom is -0.350 e. The largest absolute Gasteiger partial charge is 0.350 e. The van der Waals surface area contributed by atoms with E-state index < -0.39 is 5.91 Å². The number of aromatic nitrogens is 2. The second-order valence-corrected chi connectivity index (χ2v) is 7.45. The third-order valence-electron chi connectivity index (χ3n) is 5.69. The number of benzene rings is 3. The van der Waals surface area contributed by atoms with Crippen LogP contribution in [0, 0.1) is 0 Å². The summed E-state index contributed by atoms with van der Waals surface area (Å²) < 4.78 is 4.07. The first kappa shape index (κ1) is 18.2. The van der Waals surface area contributed by atoms with Gasteiger partial charge in [-0.15, -0.1) is 0 Å². The molecule has 0 bridgehead atoms. The zero-order chi connectivity index (χ0) is 20.8. The number of pyridine rings is 1. The molecule has 30 heavy (non-hydrogen) atoms. The Morgan fingerprint density at radius 2 is 1.53 bits per heavy atom. The third-order valence-corrected chi connectivity index (χ3v) is 5.69. The summed E-state index contributed by atoms with van der Waals surface area (Å²) in [5.74, 6) is -0.403. The quantitative estimate of drug-likeness (QED) is 0.471. The van der Waals surface area contributed by atoms with E-state index in [0.717, 1.165) is 28.4 Å². The molecule has 0 saturated heterocycles. The van der Waals surface area contributed by atoms with Gasteiger partial charge in [0.05, 0.1) is 5.52 Å². The zero-order valence-corrected chi connectivity index (χ0v) is 16.8. The van der Waals surface area contributed by atoms with Gasteiger partial charge in [0.25, 0.3) is 5.91 Å². The maximum Gasteiger partial charge on any atom is 0.261 e. The Labute approximate surface area is 173 Å². The van der Waals surface area contributed by atoms with Crippen molar-refractivity contribution in [2.45, 2.75) is 13.5 Å². The van der Waals surface area contributed by atoms with Gasteiger partial charge in [-0.05, 0) is 43.3 Å². The number of hydrogen-bond donors (Lipinski definition) is 1. The summed E-state index contributed by atoms with van der Waals surface area (Å²) >= 11 is 0. The number of carbonyl (C=O) groups is 1. The summed E-state index contributed by atoms with van der Waals surface area (Å²) in [5, 5.41) is 5.68. The lowest BCUT2D eigenvalue weighted by molar-refractivity contribution is 0.102. The van der Waals surface area contributed by atoms with Gasteiger partial charge in [-0.25, -0.2) is 0 Å². The predicted molar refractivity (Wildman–Crippen MR) is 122 cm³/mol. The Morgan fingerprint density at radius 1 is 0.867 bits per heavy atom. The van der Waals surface area contributed by atoms with E-state index in [1.165, 1.54) is 5.52 Å². The number of nitrogens with zero attached hydrogens (tertiary/aromatic N) is 2. The van der Waals surface area contributed by atoms with E-state index >= 15 is 0 Å². The maximum absolute atomic E-state index is 13.0. The van der Waals surface area contributed by atoms with Crippen molar-refractivity contribution in [2.75, 3.05) is 5.32 Å². The number of fused-ring (bicyclic) bond motifs is 4. The molecule has 5 aromatic rings. The lowest BCUT2D eigenvalue weighted by Gasteiger charge is -2.10. The normalized spacial score (nSPS) is 11.4. The van der Waals surface area contributed by atoms with Crippen molar-refractivity contribution in [3.05, 3.63) is 88.7 Å². The van der Waals surface area contributed by atoms with Crippen molar-refractivity contribution < 1.29 is 4.79 Å². The lowest BCUT2D eigenvalue weighted by Crippen LogP contribution is -2.23. The van der Waals surface area contributed by atoms with Crippen LogP contribution in [0.4, 0.5) is 5.69 Å². The summed E-state index contributed by atoms with van der Waals surface area (Å²) in [6, 6.07) is 21.4. The van der Waals surface area contributed by atoms with Crippen LogP contribution in [0.3, 0.4) is 0 Å². The number of aryl methyl sites for hydroxylation is 2. The Morgan fingerprint density at radius 3 is 2.30 bits per heavy atom. The van der Waals surface area contributed by atoms with Crippen LogP contribution in [0.1, 0.15) is 17.3 Å². The van der Waals surface area contributed by atoms with Crippen molar-refractivity contribution in [3.63, 3.8) is 0 Å². The molecule has 0 saturated carbocycles. The van der Waals surface area contributed by atoms with Crippen molar-refractivity contribution >= 4 is 44.3 Å². The lowest BCUT2D eigenvalue weighted by atomic mass is 10.1. The van der Waals surface area contributed by atoms with E-state index in [4.69, 9.17) is 0 Å². The first-order valence-electron chi connectivity index (χ1n) is 9.99. The molecule has 0 spiro atoms. The summed E-state index contributed by atoms with van der Waals surface area (Å²) in [7, 11) is 1.84. The van der Waals surface area contributed by atoms with Gasteiger partial charge in [-0.2, -0.15) is 0 Å². The molecule has 3 aromatic carbocycles. The average Bonchev–Trinajstić information content (AvgIpc) is 3.09. The highest BCUT2D eigenvalue weighted by Crippen LogP contribution is 2.31. The number of nitrogens with one attached hydrogen (secondary N) is 1. The van der Waals surface area contributed by atoms with Gasteiger partial charge in [-0.3, -0.25) is 9.59 Å². The molecule has 5 heteroatoms. The van der Waals surface area contributed by atoms with Crippen LogP contribution >= 0.6 is 0 Å². The molecule has 2 aromatic heterocycles. The second-order valence-electron chi connectivity index (χ2n) is 7.45. The number of carbonyl (C=O) groups excluding carboxylic acids is 1. The molecule has 2 heterocycles. The standard InChI is InChI=1S/C25H21N3O2/c1-3-28-22-11-7-4-8-17(22)19-14-16(12-13-23(19)28)26-25(30)20-15-27(2)21-10-6-5-9-18(21)24(20)29/h4-15H,3H2,1-2H3,(H,26,30). The fraction of sp³-hybridized carbons (Fsp3) is 0.120. The number of hydrogen-bond acceptors (Lipinski definition) is 2. The SMILES string of the molecule is CCn1c2ccccc2c2cc(NC(=O)c3cn(C)c4ccccc4c3=O)ccc21. The van der Waals surface area contributed by atoms with Gasteiger partial charge in [-0.1, -0.05) is 30.3 Å². The smallest absolute Gasteiger partial charge is 0.261 e. The molecular weight excluding hydrogens is 374 g/mol. The Hall–Kier alpha value is -3.86. The molecule has 1 amide bonds. The monoisotopic (exact) mass is 395 g/mol. The molecule has 0 aliphatic rings. The van der Waals surface area contributed by atoms with Crippen LogP contribution in [-0.2, 0) is 13.6 Å². The zero-order valence-electron chi connectivity index (χ0n) is 16.8. The summed E-state index contributed by atoms with van der Waals surface area (Å²) in [5.41, 5.74) is 3.63. The summed E-state index contributed by atoms with van der Waals surface area (Å²) in [6.07, 6.45) is 1.60. The molecular formula is C25H21N3O2. The molecule has 0 radical (unpaired) electrons. The molecule has 148 valence electrons. The number of para-hydroxylation sites is 2. The molecule has 0 aliphatic heterocycles. The molecule has 0 aliphatic carbocycles. The minimum absolute atomic E-state index is 0.132. The Kier molecular flexibility index (Phi) is 4.17. The van der Waals surface area contributed by atoms with Gasteiger partial charge < -0.3 is 14.5 Å². The van der Waals surface area contributed by atoms with E-state index in [-0.39, 0.29) is 11.0 Å². The van der Waals surface area contributed by atoms with Crippen LogP contribution < -0.4 is 10.7 Å². The van der Waals surface area contributed by atoms with Crippen LogP contribution in [-0.4, -0.2) is 15.0 Å². The Balaban J connectivity index is 1.59. The number of amides is 1. The average molecular weight is 395 g/mol. The van der Waals surface area contributed by atoms with Gasteiger partial charge in [0.2, 0.25) is 5.43 Å². The summed E-state index contributed by atoms with van der Waals surface area (Å²) in [4.78, 5) is 25.8. The van der Waals surface area contributed by atoms with Gasteiger partial charge in [0.1, 0.15) is 5.56 Å². The molecule has 0 fully saturated rings. The van der Waals surface area contributed by atoms with E-state index in [1.807, 2.05) is 60.1 Å². The summed E-state index contributed by atoms with van der Waals surface area (Å²) in [6.45, 7) is 2.99. The van der Waals surface area contributed by atoms with E-state index in [1.54, 1.807) is 12.3 Å². The first-order valence-corrected chi connectivity index (χ1v) is 9.99. The van der Waals surface area contributed by atoms with E-state index in [9.17, 15) is 9.59 Å². The fourth-order valence-electron chi connectivity index (χ4n) is 4.27. The number of anilines is 1. The van der Waals surface area contributed by atoms with Crippen molar-refractivity contribution in [1.82, 2.24) is 9.13 Å². The minimum atomic E-state index is -0.403. The molecule has 0 unspecified atom stereocenters. The van der Waals surface area contributed by atoms with Crippen LogP contribution in [0.25, 0.3) is 32.7 Å². The van der Waals surface area contributed by atoms with Crippen LogP contribution in [0.2, 0.25) is 0 Å². The third kappa shape index (κ3) is 2.70. The molecule has 5 nitrogen and oxygen atoms in total. The first-order chi connectivity index (χ1) is 14.6. The highest BCUT2D eigenvalue weighted by Gasteiger charge is 2.16. The number of rotatable bonds is 3. The van der Waals surface area contributed by atoms with Gasteiger partial charge >= 0.3 is 0 Å². The highest BCUT2D eigenvalue weighted by molar-refractivity contribution is 6.11. The predicted octanol–water partition coefficient (Wildman–Crippen LogP) is 4.92. The van der Waals surface area contributed by atoms with E-state index in [2.05, 4.69) is 28.9 Å². The van der Waals surface area contributed by atoms with Crippen LogP contribution in [0.5, 0.6) is 0 Å². The van der Waals surface area contributed by atoms with Crippen molar-refractivity contribution in [1.29, 1.82) is 0 Å². The highest BCUT2D eigenvalue weighted by atomic mass is 16.2. The van der Waals surface area contributed by atoms with Crippen LogP contribution in [0.15, 0.2) is 77.7 Å². The fourth-order valence-corrected chi connectivity index (χ4v) is 4.27. The maximum atomic E-state index is 13.0. The van der Waals surface area contributed by atoms with Crippen molar-refractivity contribution in [2.24, 2.45) is 7.05 Å². The second kappa shape index (κ2) is 6.88. The molecule has 1 N–H and O–H groups in total. The van der Waals surface area contributed by atoms with Gasteiger partial charge in [0.15, 0.2) is 0 Å². The molecule has 0 atom stereocenters. The Bertz CT molecular complexity index is 1510. The van der Waals surface area contributed by atoms with E-state index in [0.29, 0.717) is 11.1 Å². The van der Waals surface area contributed by atoms with Crippen molar-refractivity contribution in [3.8, 4) is 0 Å². The molecule has 5 rings (SSSR count). The topological polar surface area (TPSA) is 56.0 Å². The van der Waals surface area contributed by atoms with Gasteiger partial charge in [0, 0.05) is 52.7 Å².